The van der Waals surface area contributed by atoms with Crippen LogP contribution in [0, 0.1) is 0 Å². The van der Waals surface area contributed by atoms with E-state index in [-0.39, 0.29) is 11.3 Å². The summed E-state index contributed by atoms with van der Waals surface area (Å²) in [5, 5.41) is 0.144. The molecule has 0 N–H and O–H groups in total. The number of carbonyl (C=O) groups is 1. The fourth-order valence-corrected chi connectivity index (χ4v) is 4.02. The summed E-state index contributed by atoms with van der Waals surface area (Å²) in [6, 6.07) is 6.34. The van der Waals surface area contributed by atoms with E-state index in [1.807, 2.05) is 17.9 Å². The minimum atomic E-state index is 0.144. The fourth-order valence-electron chi connectivity index (χ4n) is 2.81. The molecule has 0 radical (unpaired) electrons. The van der Waals surface area contributed by atoms with Crippen molar-refractivity contribution in [2.75, 3.05) is 32.1 Å². The Morgan fingerprint density at radius 2 is 2.38 bits per heavy atom. The summed E-state index contributed by atoms with van der Waals surface area (Å²) in [5.74, 6) is 1.81. The van der Waals surface area contributed by atoms with Crippen molar-refractivity contribution < 1.29 is 14.3 Å². The molecule has 1 amide bonds. The summed E-state index contributed by atoms with van der Waals surface area (Å²) in [6.45, 7) is 4.98. The summed E-state index contributed by atoms with van der Waals surface area (Å²) in [6.07, 6.45) is 1.86. The SMILES string of the molecule is CCOCCCN1C(=O)CSC1c1ccc2c(c1)CCO2. The largest absolute Gasteiger partial charge is 0.493 e. The first kappa shape index (κ1) is 14.7. The highest BCUT2D eigenvalue weighted by Crippen LogP contribution is 2.40. The quantitative estimate of drug-likeness (QED) is 0.757. The number of amides is 1. The molecule has 0 aromatic heterocycles. The minimum Gasteiger partial charge on any atom is -0.493 e. The third-order valence-corrected chi connectivity index (χ3v) is 5.11. The van der Waals surface area contributed by atoms with Crippen molar-refractivity contribution in [3.8, 4) is 5.75 Å². The van der Waals surface area contributed by atoms with Crippen molar-refractivity contribution in [3.05, 3.63) is 29.3 Å². The Labute approximate surface area is 129 Å². The van der Waals surface area contributed by atoms with Gasteiger partial charge in [0.25, 0.3) is 0 Å². The second-order valence-corrected chi connectivity index (χ2v) is 6.34. The Hall–Kier alpha value is -1.20. The predicted octanol–water partition coefficient (Wildman–Crippen LogP) is 2.62. The number of hydrogen-bond donors (Lipinski definition) is 0. The molecule has 0 aliphatic carbocycles. The summed E-state index contributed by atoms with van der Waals surface area (Å²) in [7, 11) is 0. The molecule has 2 heterocycles. The van der Waals surface area contributed by atoms with Crippen molar-refractivity contribution in [2.45, 2.75) is 25.1 Å². The molecule has 5 heteroatoms. The summed E-state index contributed by atoms with van der Waals surface area (Å²) >= 11 is 1.72. The average molecular weight is 307 g/mol. The van der Waals surface area contributed by atoms with Crippen LogP contribution in [0.3, 0.4) is 0 Å². The van der Waals surface area contributed by atoms with Gasteiger partial charge in [-0.25, -0.2) is 0 Å². The number of carbonyl (C=O) groups excluding carboxylic acids is 1. The van der Waals surface area contributed by atoms with E-state index in [2.05, 4.69) is 12.1 Å². The average Bonchev–Trinajstić information content (AvgIpc) is 3.09. The molecule has 4 nitrogen and oxygen atoms in total. The van der Waals surface area contributed by atoms with E-state index in [4.69, 9.17) is 9.47 Å². The van der Waals surface area contributed by atoms with E-state index in [0.717, 1.165) is 45.0 Å². The van der Waals surface area contributed by atoms with Crippen molar-refractivity contribution in [3.63, 3.8) is 0 Å². The molecular weight excluding hydrogens is 286 g/mol. The fraction of sp³-hybridized carbons (Fsp3) is 0.562. The van der Waals surface area contributed by atoms with Gasteiger partial charge in [0.15, 0.2) is 0 Å². The Bertz CT molecular complexity index is 520. The highest BCUT2D eigenvalue weighted by atomic mass is 32.2. The lowest BCUT2D eigenvalue weighted by Crippen LogP contribution is -2.29. The van der Waals surface area contributed by atoms with E-state index < -0.39 is 0 Å². The number of ether oxygens (including phenoxy) is 2. The van der Waals surface area contributed by atoms with E-state index >= 15 is 0 Å². The number of fused-ring (bicyclic) bond motifs is 1. The lowest BCUT2D eigenvalue weighted by Gasteiger charge is -2.24. The topological polar surface area (TPSA) is 38.8 Å². The van der Waals surface area contributed by atoms with Crippen molar-refractivity contribution in [2.24, 2.45) is 0 Å². The molecule has 0 bridgehead atoms. The monoisotopic (exact) mass is 307 g/mol. The molecule has 1 fully saturated rings. The number of benzene rings is 1. The third-order valence-electron chi connectivity index (χ3n) is 3.86. The molecular formula is C16H21NO3S. The van der Waals surface area contributed by atoms with Gasteiger partial charge in [0.05, 0.1) is 12.4 Å². The Balaban J connectivity index is 1.69. The smallest absolute Gasteiger partial charge is 0.233 e. The maximum absolute atomic E-state index is 12.1. The molecule has 1 unspecified atom stereocenters. The van der Waals surface area contributed by atoms with Gasteiger partial charge >= 0.3 is 0 Å². The van der Waals surface area contributed by atoms with Crippen LogP contribution in [0.4, 0.5) is 0 Å². The van der Waals surface area contributed by atoms with Gasteiger partial charge in [-0.2, -0.15) is 0 Å². The van der Waals surface area contributed by atoms with E-state index in [1.165, 1.54) is 11.1 Å². The molecule has 3 rings (SSSR count). The van der Waals surface area contributed by atoms with Crippen molar-refractivity contribution >= 4 is 17.7 Å². The van der Waals surface area contributed by atoms with Crippen LogP contribution < -0.4 is 4.74 Å². The van der Waals surface area contributed by atoms with Gasteiger partial charge in [-0.05, 0) is 36.6 Å². The van der Waals surface area contributed by atoms with Gasteiger partial charge in [0.1, 0.15) is 11.1 Å². The van der Waals surface area contributed by atoms with Gasteiger partial charge in [-0.15, -0.1) is 11.8 Å². The molecule has 0 spiro atoms. The highest BCUT2D eigenvalue weighted by Gasteiger charge is 2.32. The molecule has 1 saturated heterocycles. The van der Waals surface area contributed by atoms with Crippen LogP contribution in [0.15, 0.2) is 18.2 Å². The van der Waals surface area contributed by atoms with Crippen LogP contribution in [0.2, 0.25) is 0 Å². The lowest BCUT2D eigenvalue weighted by molar-refractivity contribution is -0.128. The van der Waals surface area contributed by atoms with Crippen LogP contribution in [0.5, 0.6) is 5.75 Å². The molecule has 2 aliphatic heterocycles. The third kappa shape index (κ3) is 3.19. The van der Waals surface area contributed by atoms with Crippen LogP contribution in [0.1, 0.15) is 29.8 Å². The van der Waals surface area contributed by atoms with Crippen LogP contribution in [0.25, 0.3) is 0 Å². The Morgan fingerprint density at radius 1 is 1.48 bits per heavy atom. The van der Waals surface area contributed by atoms with Crippen molar-refractivity contribution in [1.29, 1.82) is 0 Å². The number of nitrogens with zero attached hydrogens (tertiary/aromatic N) is 1. The van der Waals surface area contributed by atoms with Crippen LogP contribution in [-0.4, -0.2) is 42.9 Å². The summed E-state index contributed by atoms with van der Waals surface area (Å²) in [4.78, 5) is 14.1. The predicted molar refractivity (Wildman–Crippen MR) is 83.7 cm³/mol. The number of rotatable bonds is 6. The summed E-state index contributed by atoms with van der Waals surface area (Å²) in [5.41, 5.74) is 2.48. The van der Waals surface area contributed by atoms with Gasteiger partial charge in [-0.3, -0.25) is 4.79 Å². The van der Waals surface area contributed by atoms with E-state index in [9.17, 15) is 4.79 Å². The molecule has 1 aromatic rings. The minimum absolute atomic E-state index is 0.144. The maximum atomic E-state index is 12.1. The molecule has 1 atom stereocenters. The maximum Gasteiger partial charge on any atom is 0.233 e. The highest BCUT2D eigenvalue weighted by molar-refractivity contribution is 8.00. The number of thioether (sulfide) groups is 1. The lowest BCUT2D eigenvalue weighted by atomic mass is 10.1. The Kier molecular flexibility index (Phi) is 4.70. The Morgan fingerprint density at radius 3 is 3.24 bits per heavy atom. The molecule has 21 heavy (non-hydrogen) atoms. The van der Waals surface area contributed by atoms with Gasteiger partial charge in [-0.1, -0.05) is 6.07 Å². The first-order valence-corrected chi connectivity index (χ1v) is 8.59. The zero-order valence-corrected chi connectivity index (χ0v) is 13.2. The van der Waals surface area contributed by atoms with E-state index in [1.54, 1.807) is 11.8 Å². The zero-order valence-electron chi connectivity index (χ0n) is 12.3. The van der Waals surface area contributed by atoms with Crippen LogP contribution >= 0.6 is 11.8 Å². The molecule has 0 saturated carbocycles. The number of hydrogen-bond acceptors (Lipinski definition) is 4. The van der Waals surface area contributed by atoms with Crippen molar-refractivity contribution in [1.82, 2.24) is 4.90 Å². The molecule has 2 aliphatic rings. The van der Waals surface area contributed by atoms with E-state index in [0.29, 0.717) is 5.75 Å². The first-order valence-electron chi connectivity index (χ1n) is 7.54. The van der Waals surface area contributed by atoms with Gasteiger partial charge in [0, 0.05) is 26.2 Å². The second-order valence-electron chi connectivity index (χ2n) is 5.27. The molecule has 114 valence electrons. The summed E-state index contributed by atoms with van der Waals surface area (Å²) < 4.78 is 10.9. The first-order chi connectivity index (χ1) is 10.3. The second kappa shape index (κ2) is 6.71. The van der Waals surface area contributed by atoms with Crippen LogP contribution in [-0.2, 0) is 16.0 Å². The molecule has 1 aromatic carbocycles. The zero-order chi connectivity index (χ0) is 14.7. The standard InChI is InChI=1S/C16H21NO3S/c1-2-19-8-3-7-17-15(18)11-21-16(17)13-4-5-14-12(10-13)6-9-20-14/h4-5,10,16H,2-3,6-9,11H2,1H3. The van der Waals surface area contributed by atoms with Gasteiger partial charge in [0.2, 0.25) is 5.91 Å². The normalized spacial score (nSPS) is 20.7. The van der Waals surface area contributed by atoms with Gasteiger partial charge < -0.3 is 14.4 Å².